The van der Waals surface area contributed by atoms with E-state index in [1.807, 2.05) is 0 Å². The maximum Gasteiger partial charge on any atom is 0.261 e. The van der Waals surface area contributed by atoms with Gasteiger partial charge in [-0.05, 0) is 56.7 Å². The number of hydrogen-bond donors (Lipinski definition) is 2. The van der Waals surface area contributed by atoms with Gasteiger partial charge in [-0.15, -0.1) is 11.3 Å². The number of carbonyl (C=O) groups is 1. The summed E-state index contributed by atoms with van der Waals surface area (Å²) in [6, 6.07) is 2.08. The van der Waals surface area contributed by atoms with Crippen LogP contribution in [0.2, 0.25) is 0 Å². The lowest BCUT2D eigenvalue weighted by atomic mass is 10.1. The molecule has 2 heterocycles. The summed E-state index contributed by atoms with van der Waals surface area (Å²) >= 11 is 1.67. The van der Waals surface area contributed by atoms with Crippen LogP contribution in [0.1, 0.15) is 45.8 Å². The minimum absolute atomic E-state index is 0.0865. The number of thiophene rings is 1. The van der Waals surface area contributed by atoms with E-state index in [1.54, 1.807) is 11.3 Å². The van der Waals surface area contributed by atoms with Crippen molar-refractivity contribution in [3.05, 3.63) is 21.4 Å². The third-order valence-electron chi connectivity index (χ3n) is 4.46. The molecule has 1 aromatic rings. The first-order valence-electron chi connectivity index (χ1n) is 8.02. The minimum Gasteiger partial charge on any atom is -0.393 e. The number of nitrogens with one attached hydrogen (secondary N) is 1. The molecule has 21 heavy (non-hydrogen) atoms. The van der Waals surface area contributed by atoms with Gasteiger partial charge in [0.25, 0.3) is 5.91 Å². The van der Waals surface area contributed by atoms with Gasteiger partial charge in [0.2, 0.25) is 0 Å². The van der Waals surface area contributed by atoms with Gasteiger partial charge in [0, 0.05) is 24.5 Å². The highest BCUT2D eigenvalue weighted by molar-refractivity contribution is 7.14. The molecule has 5 heteroatoms. The third-order valence-corrected chi connectivity index (χ3v) is 5.70. The van der Waals surface area contributed by atoms with Crippen LogP contribution in [0.15, 0.2) is 6.07 Å². The zero-order chi connectivity index (χ0) is 14.7. The van der Waals surface area contributed by atoms with Crippen LogP contribution in [-0.2, 0) is 12.8 Å². The van der Waals surface area contributed by atoms with E-state index in [-0.39, 0.29) is 12.0 Å². The van der Waals surface area contributed by atoms with Crippen molar-refractivity contribution < 1.29 is 9.90 Å². The molecule has 4 nitrogen and oxygen atoms in total. The van der Waals surface area contributed by atoms with Gasteiger partial charge >= 0.3 is 0 Å². The molecule has 1 saturated heterocycles. The van der Waals surface area contributed by atoms with E-state index in [9.17, 15) is 9.90 Å². The van der Waals surface area contributed by atoms with Crippen molar-refractivity contribution in [3.63, 3.8) is 0 Å². The molecule has 2 N–H and O–H groups in total. The van der Waals surface area contributed by atoms with Crippen molar-refractivity contribution in [3.8, 4) is 0 Å². The van der Waals surface area contributed by atoms with E-state index in [0.717, 1.165) is 63.2 Å². The van der Waals surface area contributed by atoms with Crippen LogP contribution in [0.4, 0.5) is 0 Å². The molecule has 116 valence electrons. The van der Waals surface area contributed by atoms with Gasteiger partial charge in [-0.1, -0.05) is 0 Å². The smallest absolute Gasteiger partial charge is 0.261 e. The van der Waals surface area contributed by atoms with Crippen LogP contribution in [0.25, 0.3) is 0 Å². The summed E-state index contributed by atoms with van der Waals surface area (Å²) in [5.41, 5.74) is 1.39. The molecule has 0 radical (unpaired) electrons. The van der Waals surface area contributed by atoms with E-state index in [2.05, 4.69) is 16.3 Å². The number of likely N-dealkylation sites (tertiary alicyclic amines) is 1. The van der Waals surface area contributed by atoms with Crippen molar-refractivity contribution in [2.75, 3.05) is 26.2 Å². The maximum atomic E-state index is 12.1. The Hall–Kier alpha value is -0.910. The molecule has 0 atom stereocenters. The molecule has 1 aliphatic carbocycles. The number of fused-ring (bicyclic) bond motifs is 1. The van der Waals surface area contributed by atoms with Gasteiger partial charge in [0.1, 0.15) is 0 Å². The van der Waals surface area contributed by atoms with Crippen LogP contribution in [0, 0.1) is 0 Å². The molecule has 0 unspecified atom stereocenters. The first kappa shape index (κ1) is 15.0. The Balaban J connectivity index is 1.36. The quantitative estimate of drug-likeness (QED) is 0.816. The lowest BCUT2D eigenvalue weighted by molar-refractivity contribution is 0.0816. The van der Waals surface area contributed by atoms with Crippen LogP contribution in [-0.4, -0.2) is 48.2 Å². The number of hydrogen-bond acceptors (Lipinski definition) is 4. The average molecular weight is 308 g/mol. The largest absolute Gasteiger partial charge is 0.393 e. The molecular formula is C16H24N2O2S. The summed E-state index contributed by atoms with van der Waals surface area (Å²) in [5.74, 6) is 0.0865. The van der Waals surface area contributed by atoms with E-state index < -0.39 is 0 Å². The monoisotopic (exact) mass is 308 g/mol. The van der Waals surface area contributed by atoms with Crippen molar-refractivity contribution in [1.29, 1.82) is 0 Å². The number of aliphatic hydroxyl groups excluding tert-OH is 1. The van der Waals surface area contributed by atoms with Crippen molar-refractivity contribution >= 4 is 17.2 Å². The summed E-state index contributed by atoms with van der Waals surface area (Å²) in [6.45, 7) is 3.70. The number of piperidine rings is 1. The average Bonchev–Trinajstić information content (AvgIpc) is 3.06. The summed E-state index contributed by atoms with van der Waals surface area (Å²) < 4.78 is 0. The lowest BCUT2D eigenvalue weighted by Gasteiger charge is -2.29. The molecule has 0 saturated carbocycles. The van der Waals surface area contributed by atoms with Gasteiger partial charge in [-0.3, -0.25) is 4.79 Å². The second-order valence-corrected chi connectivity index (χ2v) is 7.23. The van der Waals surface area contributed by atoms with E-state index in [0.29, 0.717) is 0 Å². The highest BCUT2D eigenvalue weighted by atomic mass is 32.1. The Kier molecular flexibility index (Phi) is 4.93. The lowest BCUT2D eigenvalue weighted by Crippen LogP contribution is -2.37. The van der Waals surface area contributed by atoms with Crippen LogP contribution in [0.3, 0.4) is 0 Å². The number of aliphatic hydroxyl groups is 1. The van der Waals surface area contributed by atoms with Crippen molar-refractivity contribution in [1.82, 2.24) is 10.2 Å². The SMILES string of the molecule is O=C(NCCCN1CCC(O)CC1)c1cc2c(s1)CCC2. The van der Waals surface area contributed by atoms with Gasteiger partial charge in [0.05, 0.1) is 11.0 Å². The zero-order valence-corrected chi connectivity index (χ0v) is 13.3. The van der Waals surface area contributed by atoms with Crippen molar-refractivity contribution in [2.24, 2.45) is 0 Å². The fourth-order valence-corrected chi connectivity index (χ4v) is 4.35. The number of carbonyl (C=O) groups excluding carboxylic acids is 1. The molecule has 1 aromatic heterocycles. The molecule has 3 rings (SSSR count). The summed E-state index contributed by atoms with van der Waals surface area (Å²) in [7, 11) is 0. The highest BCUT2D eigenvalue weighted by Gasteiger charge is 2.19. The predicted molar refractivity (Wildman–Crippen MR) is 85.0 cm³/mol. The predicted octanol–water partition coefficient (Wildman–Crippen LogP) is 1.81. The Morgan fingerprint density at radius 2 is 2.19 bits per heavy atom. The van der Waals surface area contributed by atoms with Crippen LogP contribution < -0.4 is 5.32 Å². The van der Waals surface area contributed by atoms with Crippen molar-refractivity contribution in [2.45, 2.75) is 44.6 Å². The van der Waals surface area contributed by atoms with Gasteiger partial charge < -0.3 is 15.3 Å². The summed E-state index contributed by atoms with van der Waals surface area (Å²) in [5, 5.41) is 12.5. The van der Waals surface area contributed by atoms with E-state index >= 15 is 0 Å². The number of aryl methyl sites for hydroxylation is 2. The minimum atomic E-state index is -0.110. The molecule has 1 amide bonds. The second kappa shape index (κ2) is 6.90. The number of amides is 1. The van der Waals surface area contributed by atoms with Crippen LogP contribution in [0.5, 0.6) is 0 Å². The first-order chi connectivity index (χ1) is 10.2. The Bertz CT molecular complexity index is 471. The number of nitrogens with zero attached hydrogens (tertiary/aromatic N) is 1. The van der Waals surface area contributed by atoms with E-state index in [4.69, 9.17) is 0 Å². The normalized spacial score (nSPS) is 19.7. The molecular weight excluding hydrogens is 284 g/mol. The zero-order valence-electron chi connectivity index (χ0n) is 12.4. The maximum absolute atomic E-state index is 12.1. The molecule has 2 aliphatic rings. The molecule has 1 aliphatic heterocycles. The fraction of sp³-hybridized carbons (Fsp3) is 0.688. The highest BCUT2D eigenvalue weighted by Crippen LogP contribution is 2.30. The Morgan fingerprint density at radius 3 is 2.95 bits per heavy atom. The van der Waals surface area contributed by atoms with Gasteiger partial charge in [0.15, 0.2) is 0 Å². The topological polar surface area (TPSA) is 52.6 Å². The van der Waals surface area contributed by atoms with E-state index in [1.165, 1.54) is 16.9 Å². The van der Waals surface area contributed by atoms with Gasteiger partial charge in [-0.2, -0.15) is 0 Å². The summed E-state index contributed by atoms with van der Waals surface area (Å²) in [4.78, 5) is 16.8. The molecule has 0 bridgehead atoms. The fourth-order valence-electron chi connectivity index (χ4n) is 3.18. The second-order valence-electron chi connectivity index (χ2n) is 6.09. The third kappa shape index (κ3) is 3.84. The molecule has 0 spiro atoms. The van der Waals surface area contributed by atoms with Crippen LogP contribution >= 0.6 is 11.3 Å². The summed E-state index contributed by atoms with van der Waals surface area (Å²) in [6.07, 6.45) is 6.16. The molecule has 0 aromatic carbocycles. The first-order valence-corrected chi connectivity index (χ1v) is 8.84. The van der Waals surface area contributed by atoms with Gasteiger partial charge in [-0.25, -0.2) is 0 Å². The molecule has 1 fully saturated rings. The Labute approximate surface area is 130 Å². The standard InChI is InChI=1S/C16H24N2O2S/c19-13-5-9-18(10-6-13)8-2-7-17-16(20)15-11-12-3-1-4-14(12)21-15/h11,13,19H,1-10H2,(H,17,20). The Morgan fingerprint density at radius 1 is 1.38 bits per heavy atom. The number of rotatable bonds is 5.